The molecule has 7 rings (SSSR count). The second-order valence-corrected chi connectivity index (χ2v) is 16.0. The number of nitrogens with zero attached hydrogens (tertiary/aromatic N) is 4. The lowest BCUT2D eigenvalue weighted by Gasteiger charge is -2.51. The number of esters is 1. The van der Waals surface area contributed by atoms with Gasteiger partial charge in [-0.2, -0.15) is 5.09 Å². The Morgan fingerprint density at radius 3 is 2.65 bits per heavy atom. The third-order valence-electron chi connectivity index (χ3n) is 9.58. The molecule has 16 nitrogen and oxygen atoms in total. The number of nitrogens with one attached hydrogen (secondary N) is 1. The fourth-order valence-electron chi connectivity index (χ4n) is 6.83. The van der Waals surface area contributed by atoms with Gasteiger partial charge < -0.3 is 33.1 Å². The SMILES string of the molecule is C=CCCOC(=O)[C@H](C)NP(=O)(O/N=c1\ccn2c(c1OCOC(=O)OC)C(=O)N1CCOC[C@H]1N2[C@@H]1c2ccccc2SCc2c1ccc(F)c2F)Oc1ccccc1. The number of para-hydroxylation sites is 1. The van der Waals surface area contributed by atoms with Crippen molar-refractivity contribution in [3.05, 3.63) is 131 Å². The Hall–Kier alpha value is -5.88. The van der Waals surface area contributed by atoms with Crippen LogP contribution in [-0.2, 0) is 38.7 Å². The highest BCUT2D eigenvalue weighted by Crippen LogP contribution is 2.47. The first kappa shape index (κ1) is 42.3. The van der Waals surface area contributed by atoms with Crippen LogP contribution in [-0.4, -0.2) is 80.1 Å². The molecular formula is C40H40F2N5O11PS. The molecule has 0 saturated carbocycles. The average molecular weight is 868 g/mol. The number of thioether (sulfide) groups is 1. The molecule has 1 fully saturated rings. The quantitative estimate of drug-likeness (QED) is 0.0383. The molecule has 0 aliphatic carbocycles. The van der Waals surface area contributed by atoms with Crippen molar-refractivity contribution in [1.29, 1.82) is 0 Å². The minimum Gasteiger partial charge on any atom is -0.464 e. The molecule has 0 radical (unpaired) electrons. The van der Waals surface area contributed by atoms with Gasteiger partial charge in [-0.1, -0.05) is 53.7 Å². The van der Waals surface area contributed by atoms with Crippen LogP contribution in [0.2, 0.25) is 0 Å². The van der Waals surface area contributed by atoms with E-state index >= 15 is 4.39 Å². The number of halogens is 2. The van der Waals surface area contributed by atoms with E-state index in [0.717, 1.165) is 23.6 Å². The fourth-order valence-corrected chi connectivity index (χ4v) is 9.25. The molecule has 20 heteroatoms. The zero-order valence-corrected chi connectivity index (χ0v) is 34.1. The van der Waals surface area contributed by atoms with E-state index in [1.165, 1.54) is 53.8 Å². The molecule has 60 heavy (non-hydrogen) atoms. The fraction of sp³-hybridized carbons (Fsp3) is 0.300. The van der Waals surface area contributed by atoms with Gasteiger partial charge in [-0.25, -0.2) is 18.1 Å². The van der Waals surface area contributed by atoms with E-state index < -0.39 is 62.5 Å². The number of carbonyl (C=O) groups is 3. The standard InChI is InChI=1S/C40H40F2N5O11PS/c1-4-5-20-54-39(49)25(2)44-59(51,57-26-11-7-6-8-12-26)58-43-31-17-18-46-36(37(31)55-24-56-40(50)52-3)38(48)45-19-21-53-22-33(45)47(46)35-27-15-16-30(41)34(42)29(27)23-60-32-14-10-9-13-28(32)35/h4,6-18,25,33,35H,1,5,19-24H2,2-3H3,(H,44,51)/b43-31+/t25-,33+,35-,59?/m0/s1. The van der Waals surface area contributed by atoms with Gasteiger partial charge in [-0.05, 0) is 54.8 Å². The van der Waals surface area contributed by atoms with Crippen LogP contribution in [0.15, 0.2) is 102 Å². The summed E-state index contributed by atoms with van der Waals surface area (Å²) in [6.45, 7) is 4.58. The minimum atomic E-state index is -4.61. The van der Waals surface area contributed by atoms with E-state index in [2.05, 4.69) is 21.6 Å². The summed E-state index contributed by atoms with van der Waals surface area (Å²) in [6.07, 6.45) is 1.56. The first-order valence-electron chi connectivity index (χ1n) is 18.6. The Balaban J connectivity index is 1.38. The van der Waals surface area contributed by atoms with Gasteiger partial charge in [0.05, 0.1) is 33.0 Å². The molecule has 0 spiro atoms. The maximum atomic E-state index is 15.7. The van der Waals surface area contributed by atoms with Crippen LogP contribution < -0.4 is 24.7 Å². The summed E-state index contributed by atoms with van der Waals surface area (Å²) in [5.41, 5.74) is 1.17. The molecule has 3 aromatic carbocycles. The van der Waals surface area contributed by atoms with E-state index in [-0.39, 0.29) is 60.2 Å². The Bertz CT molecular complexity index is 2390. The van der Waals surface area contributed by atoms with E-state index in [9.17, 15) is 23.3 Å². The van der Waals surface area contributed by atoms with E-state index in [4.69, 9.17) is 28.1 Å². The van der Waals surface area contributed by atoms with Crippen LogP contribution in [0.25, 0.3) is 0 Å². The Morgan fingerprint density at radius 1 is 1.08 bits per heavy atom. The van der Waals surface area contributed by atoms with Crippen molar-refractivity contribution in [2.45, 2.75) is 42.2 Å². The first-order valence-corrected chi connectivity index (χ1v) is 21.1. The van der Waals surface area contributed by atoms with Gasteiger partial charge in [0, 0.05) is 29.0 Å². The summed E-state index contributed by atoms with van der Waals surface area (Å²) < 4.78 is 84.6. The third-order valence-corrected chi connectivity index (χ3v) is 12.1. The van der Waals surface area contributed by atoms with E-state index in [1.54, 1.807) is 34.2 Å². The average Bonchev–Trinajstić information content (AvgIpc) is 3.42. The zero-order chi connectivity index (χ0) is 42.4. The highest BCUT2D eigenvalue weighted by Gasteiger charge is 2.46. The van der Waals surface area contributed by atoms with Gasteiger partial charge in [0.15, 0.2) is 23.1 Å². The summed E-state index contributed by atoms with van der Waals surface area (Å²) in [6, 6.07) is 17.3. The van der Waals surface area contributed by atoms with Crippen molar-refractivity contribution >= 4 is 37.5 Å². The predicted molar refractivity (Wildman–Crippen MR) is 211 cm³/mol. The van der Waals surface area contributed by atoms with E-state index in [1.807, 2.05) is 24.3 Å². The summed E-state index contributed by atoms with van der Waals surface area (Å²) >= 11 is 1.35. The van der Waals surface area contributed by atoms with Gasteiger partial charge in [0.25, 0.3) is 5.91 Å². The highest BCUT2D eigenvalue weighted by molar-refractivity contribution is 7.98. The van der Waals surface area contributed by atoms with Crippen LogP contribution in [0.5, 0.6) is 11.5 Å². The maximum Gasteiger partial charge on any atom is 0.533 e. The van der Waals surface area contributed by atoms with Gasteiger partial charge in [-0.15, -0.1) is 18.3 Å². The van der Waals surface area contributed by atoms with Gasteiger partial charge in [0.1, 0.15) is 23.3 Å². The predicted octanol–water partition coefficient (Wildman–Crippen LogP) is 6.15. The Kier molecular flexibility index (Phi) is 13.1. The molecule has 3 aliphatic rings. The monoisotopic (exact) mass is 867 g/mol. The number of morpholine rings is 1. The smallest absolute Gasteiger partial charge is 0.464 e. The summed E-state index contributed by atoms with van der Waals surface area (Å²) in [7, 11) is -3.51. The molecule has 0 bridgehead atoms. The molecule has 4 heterocycles. The molecule has 1 amide bonds. The molecule has 1 unspecified atom stereocenters. The second-order valence-electron chi connectivity index (χ2n) is 13.3. The largest absolute Gasteiger partial charge is 0.533 e. The van der Waals surface area contributed by atoms with Crippen molar-refractivity contribution in [2.75, 3.05) is 45.3 Å². The van der Waals surface area contributed by atoms with Crippen molar-refractivity contribution < 1.29 is 60.6 Å². The molecule has 1 N–H and O–H groups in total. The second kappa shape index (κ2) is 18.6. The van der Waals surface area contributed by atoms with Crippen molar-refractivity contribution in [1.82, 2.24) is 14.7 Å². The van der Waals surface area contributed by atoms with Crippen LogP contribution in [0.1, 0.15) is 46.6 Å². The number of aromatic nitrogens is 1. The number of methoxy groups -OCH3 is 1. The highest BCUT2D eigenvalue weighted by atomic mass is 32.2. The van der Waals surface area contributed by atoms with Gasteiger partial charge in [0.2, 0.25) is 6.79 Å². The normalized spacial score (nSPS) is 18.6. The number of hydrogen-bond donors (Lipinski definition) is 1. The van der Waals surface area contributed by atoms with Gasteiger partial charge in [-0.3, -0.25) is 23.9 Å². The lowest BCUT2D eigenvalue weighted by molar-refractivity contribution is -0.145. The lowest BCUT2D eigenvalue weighted by Crippen LogP contribution is -2.66. The third kappa shape index (κ3) is 8.84. The topological polar surface area (TPSA) is 169 Å². The van der Waals surface area contributed by atoms with Crippen LogP contribution >= 0.6 is 19.5 Å². The van der Waals surface area contributed by atoms with Crippen molar-refractivity contribution in [3.63, 3.8) is 0 Å². The number of amides is 1. The summed E-state index contributed by atoms with van der Waals surface area (Å²) in [5, 5.41) is 8.27. The molecule has 316 valence electrons. The van der Waals surface area contributed by atoms with Crippen LogP contribution in [0.4, 0.5) is 13.6 Å². The molecule has 1 saturated heterocycles. The number of hydrogen-bond acceptors (Lipinski definition) is 14. The zero-order valence-electron chi connectivity index (χ0n) is 32.4. The van der Waals surface area contributed by atoms with Crippen LogP contribution in [0.3, 0.4) is 0 Å². The molecular weight excluding hydrogens is 828 g/mol. The lowest BCUT2D eigenvalue weighted by atomic mass is 9.93. The number of ether oxygens (including phenoxy) is 5. The molecule has 4 atom stereocenters. The van der Waals surface area contributed by atoms with Crippen molar-refractivity contribution in [3.8, 4) is 11.5 Å². The van der Waals surface area contributed by atoms with Crippen LogP contribution in [0, 0.1) is 11.6 Å². The van der Waals surface area contributed by atoms with Crippen molar-refractivity contribution in [2.24, 2.45) is 5.16 Å². The number of rotatable bonds is 14. The molecule has 3 aliphatic heterocycles. The Labute approximate surface area is 347 Å². The summed E-state index contributed by atoms with van der Waals surface area (Å²) in [5.74, 6) is -3.39. The maximum absolute atomic E-state index is 15.7. The first-order chi connectivity index (χ1) is 29.0. The number of benzene rings is 3. The minimum absolute atomic E-state index is 0.0301. The molecule has 1 aromatic heterocycles. The number of fused-ring (bicyclic) bond motifs is 4. The van der Waals surface area contributed by atoms with E-state index in [0.29, 0.717) is 12.0 Å². The van der Waals surface area contributed by atoms with Gasteiger partial charge >= 0.3 is 19.9 Å². The molecule has 4 aromatic rings. The summed E-state index contributed by atoms with van der Waals surface area (Å²) in [4.78, 5) is 41.9. The Morgan fingerprint density at radius 2 is 1.87 bits per heavy atom. The number of pyridine rings is 1. The number of carbonyl (C=O) groups excluding carboxylic acids is 3.